The number of benzene rings is 1. The molecule has 2 heterocycles. The Balaban J connectivity index is 2.32. The van der Waals surface area contributed by atoms with Crippen molar-refractivity contribution < 1.29 is 14.7 Å². The van der Waals surface area contributed by atoms with Crippen molar-refractivity contribution in [2.75, 3.05) is 0 Å². The fourth-order valence-electron chi connectivity index (χ4n) is 2.93. The van der Waals surface area contributed by atoms with Crippen LogP contribution in [0.5, 0.6) is 0 Å². The Morgan fingerprint density at radius 1 is 1.23 bits per heavy atom. The number of Topliss-reactive ketones (excluding diaryl/α,β-unsaturated/α-hetero) is 1. The number of carboxylic acid groups (broad SMARTS) is 1. The number of aliphatic carboxylic acids is 1. The van der Waals surface area contributed by atoms with Crippen LogP contribution in [0, 0.1) is 6.92 Å². The highest BCUT2D eigenvalue weighted by molar-refractivity contribution is 6.07. The minimum absolute atomic E-state index is 0.221. The van der Waals surface area contributed by atoms with Gasteiger partial charge in [-0.3, -0.25) is 14.3 Å². The smallest absolute Gasteiger partial charge is 0.325 e. The molecule has 0 aliphatic heterocycles. The molecule has 132 valence electrons. The van der Waals surface area contributed by atoms with Gasteiger partial charge >= 0.3 is 5.97 Å². The summed E-state index contributed by atoms with van der Waals surface area (Å²) in [4.78, 5) is 31.7. The summed E-state index contributed by atoms with van der Waals surface area (Å²) < 4.78 is 1.36. The fourth-order valence-corrected chi connectivity index (χ4v) is 2.93. The maximum Gasteiger partial charge on any atom is 0.325 e. The number of aromatic nitrogens is 4. The lowest BCUT2D eigenvalue weighted by Crippen LogP contribution is -2.11. The van der Waals surface area contributed by atoms with E-state index in [0.29, 0.717) is 23.1 Å². The zero-order chi connectivity index (χ0) is 18.8. The van der Waals surface area contributed by atoms with Crippen molar-refractivity contribution in [3.8, 4) is 11.1 Å². The van der Waals surface area contributed by atoms with E-state index < -0.39 is 5.97 Å². The lowest BCUT2D eigenvalue weighted by Gasteiger charge is -2.09. The molecular weight excluding hydrogens is 332 g/mol. The predicted molar refractivity (Wildman–Crippen MR) is 97.0 cm³/mol. The molecule has 3 rings (SSSR count). The molecule has 0 aliphatic rings. The molecule has 3 aromatic rings. The Hall–Kier alpha value is -3.35. The van der Waals surface area contributed by atoms with Gasteiger partial charge in [0, 0.05) is 30.3 Å². The summed E-state index contributed by atoms with van der Waals surface area (Å²) in [5, 5.41) is 14.0. The Morgan fingerprint density at radius 2 is 1.92 bits per heavy atom. The average molecular weight is 350 g/mol. The maximum atomic E-state index is 12.1. The summed E-state index contributed by atoms with van der Waals surface area (Å²) in [6, 6.07) is 3.76. The van der Waals surface area contributed by atoms with Crippen LogP contribution in [0.4, 0.5) is 0 Å². The predicted octanol–water partition coefficient (Wildman–Crippen LogP) is 2.82. The van der Waals surface area contributed by atoms with Crippen molar-refractivity contribution in [3.63, 3.8) is 0 Å². The lowest BCUT2D eigenvalue weighted by molar-refractivity contribution is -0.137. The van der Waals surface area contributed by atoms with Gasteiger partial charge in [0.25, 0.3) is 0 Å². The first-order chi connectivity index (χ1) is 12.4. The van der Waals surface area contributed by atoms with Crippen molar-refractivity contribution in [1.82, 2.24) is 19.7 Å². The first kappa shape index (κ1) is 17.5. The highest BCUT2D eigenvalue weighted by Gasteiger charge is 2.19. The quantitative estimate of drug-likeness (QED) is 0.542. The monoisotopic (exact) mass is 350 g/mol. The molecule has 0 saturated carbocycles. The number of hydrogen-bond acceptors (Lipinski definition) is 5. The zero-order valence-electron chi connectivity index (χ0n) is 14.6. The third-order valence-electron chi connectivity index (χ3n) is 4.02. The van der Waals surface area contributed by atoms with E-state index in [9.17, 15) is 14.7 Å². The number of aryl methyl sites for hydroxylation is 1. The van der Waals surface area contributed by atoms with Crippen LogP contribution in [0.3, 0.4) is 0 Å². The minimum Gasteiger partial charge on any atom is -0.480 e. The van der Waals surface area contributed by atoms with E-state index in [1.807, 2.05) is 12.1 Å². The second-order valence-electron chi connectivity index (χ2n) is 6.00. The SMILES string of the molecule is C=CCc1cc(-c2cnc(C)nc2)cc2c(C(C)=O)nn(CC(=O)O)c12. The summed E-state index contributed by atoms with van der Waals surface area (Å²) in [5.41, 5.74) is 3.38. The van der Waals surface area contributed by atoms with Gasteiger partial charge in [-0.2, -0.15) is 5.10 Å². The lowest BCUT2D eigenvalue weighted by atomic mass is 9.98. The van der Waals surface area contributed by atoms with Gasteiger partial charge in [-0.1, -0.05) is 6.08 Å². The molecule has 2 aromatic heterocycles. The summed E-state index contributed by atoms with van der Waals surface area (Å²) in [6.07, 6.45) is 5.68. The number of carboxylic acids is 1. The molecule has 0 aliphatic carbocycles. The van der Waals surface area contributed by atoms with E-state index in [1.54, 1.807) is 25.4 Å². The van der Waals surface area contributed by atoms with Crippen LogP contribution in [0.25, 0.3) is 22.0 Å². The zero-order valence-corrected chi connectivity index (χ0v) is 14.6. The number of rotatable bonds is 6. The number of carbonyl (C=O) groups excluding carboxylic acids is 1. The largest absolute Gasteiger partial charge is 0.480 e. The topological polar surface area (TPSA) is 98.0 Å². The summed E-state index contributed by atoms with van der Waals surface area (Å²) in [5.74, 6) is -0.578. The molecule has 0 radical (unpaired) electrons. The number of carbonyl (C=O) groups is 2. The number of fused-ring (bicyclic) bond motifs is 1. The molecule has 7 nitrogen and oxygen atoms in total. The molecule has 0 spiro atoms. The van der Waals surface area contributed by atoms with Gasteiger partial charge in [0.1, 0.15) is 18.1 Å². The van der Waals surface area contributed by atoms with Crippen molar-refractivity contribution in [2.45, 2.75) is 26.8 Å². The fraction of sp³-hybridized carbons (Fsp3) is 0.211. The number of hydrogen-bond donors (Lipinski definition) is 1. The van der Waals surface area contributed by atoms with Crippen LogP contribution in [-0.4, -0.2) is 36.6 Å². The van der Waals surface area contributed by atoms with Gasteiger partial charge in [-0.25, -0.2) is 9.97 Å². The Labute approximate surface area is 150 Å². The first-order valence-corrected chi connectivity index (χ1v) is 8.06. The van der Waals surface area contributed by atoms with E-state index in [-0.39, 0.29) is 18.0 Å². The van der Waals surface area contributed by atoms with Crippen molar-refractivity contribution in [3.05, 3.63) is 54.3 Å². The van der Waals surface area contributed by atoms with Gasteiger partial charge in [0.15, 0.2) is 5.78 Å². The molecule has 26 heavy (non-hydrogen) atoms. The van der Waals surface area contributed by atoms with Gasteiger partial charge in [-0.05, 0) is 36.6 Å². The Bertz CT molecular complexity index is 1020. The summed E-state index contributed by atoms with van der Waals surface area (Å²) in [7, 11) is 0. The van der Waals surface area contributed by atoms with Gasteiger partial charge in [-0.15, -0.1) is 6.58 Å². The third-order valence-corrected chi connectivity index (χ3v) is 4.02. The van der Waals surface area contributed by atoms with Crippen molar-refractivity contribution in [1.29, 1.82) is 0 Å². The Morgan fingerprint density at radius 3 is 2.50 bits per heavy atom. The summed E-state index contributed by atoms with van der Waals surface area (Å²) >= 11 is 0. The summed E-state index contributed by atoms with van der Waals surface area (Å²) in [6.45, 7) is 6.68. The average Bonchev–Trinajstić information content (AvgIpc) is 2.94. The van der Waals surface area contributed by atoms with Crippen LogP contribution in [0.2, 0.25) is 0 Å². The minimum atomic E-state index is -1.02. The van der Waals surface area contributed by atoms with Crippen LogP contribution in [-0.2, 0) is 17.8 Å². The third kappa shape index (κ3) is 3.23. The molecule has 1 N–H and O–H groups in total. The molecule has 0 fully saturated rings. The van der Waals surface area contributed by atoms with Gasteiger partial charge < -0.3 is 5.11 Å². The number of allylic oxidation sites excluding steroid dienone is 1. The normalized spacial score (nSPS) is 10.8. The number of ketones is 1. The molecule has 7 heteroatoms. The molecule has 0 amide bonds. The van der Waals surface area contributed by atoms with Gasteiger partial charge in [0.2, 0.25) is 0 Å². The second kappa shape index (κ2) is 6.87. The van der Waals surface area contributed by atoms with E-state index >= 15 is 0 Å². The standard InChI is InChI=1S/C19H18N4O3/c1-4-5-13-6-14(15-8-20-12(3)21-9-15)7-16-18(11(2)24)22-23(19(13)16)10-17(25)26/h4,6-9H,1,5,10H2,2-3H3,(H,25,26). The maximum absolute atomic E-state index is 12.1. The Kier molecular flexibility index (Phi) is 4.62. The molecule has 0 bridgehead atoms. The van der Waals surface area contributed by atoms with Crippen molar-refractivity contribution in [2.24, 2.45) is 0 Å². The second-order valence-corrected chi connectivity index (χ2v) is 6.00. The van der Waals surface area contributed by atoms with Crippen LogP contribution < -0.4 is 0 Å². The molecule has 1 aromatic carbocycles. The highest BCUT2D eigenvalue weighted by Crippen LogP contribution is 2.30. The van der Waals surface area contributed by atoms with E-state index in [0.717, 1.165) is 16.7 Å². The highest BCUT2D eigenvalue weighted by atomic mass is 16.4. The number of nitrogens with zero attached hydrogens (tertiary/aromatic N) is 4. The van der Waals surface area contributed by atoms with Crippen LogP contribution in [0.15, 0.2) is 37.2 Å². The molecule has 0 unspecified atom stereocenters. The van der Waals surface area contributed by atoms with Gasteiger partial charge in [0.05, 0.1) is 5.52 Å². The molecule has 0 atom stereocenters. The molecular formula is C19H18N4O3. The van der Waals surface area contributed by atoms with Crippen LogP contribution in [0.1, 0.15) is 28.8 Å². The van der Waals surface area contributed by atoms with Crippen molar-refractivity contribution >= 4 is 22.7 Å². The van der Waals surface area contributed by atoms with E-state index in [4.69, 9.17) is 0 Å². The van der Waals surface area contributed by atoms with E-state index in [2.05, 4.69) is 21.6 Å². The van der Waals surface area contributed by atoms with Crippen LogP contribution >= 0.6 is 0 Å². The molecule has 0 saturated heterocycles. The van der Waals surface area contributed by atoms with E-state index in [1.165, 1.54) is 11.6 Å². The first-order valence-electron chi connectivity index (χ1n) is 8.06.